The molecule has 1 aliphatic rings. The lowest BCUT2D eigenvalue weighted by Crippen LogP contribution is -2.55. The highest BCUT2D eigenvalue weighted by atomic mass is 19.1. The minimum absolute atomic E-state index is 0.258. The number of carbonyl (C=O) groups excluding carboxylic acids is 1. The second-order valence-electron chi connectivity index (χ2n) is 8.67. The van der Waals surface area contributed by atoms with Gasteiger partial charge in [-0.05, 0) is 33.0 Å². The highest BCUT2D eigenvalue weighted by molar-refractivity contribution is 6.12. The molecule has 9 nitrogen and oxygen atoms in total. The summed E-state index contributed by atoms with van der Waals surface area (Å²) in [6.45, 7) is 5.96. The number of hydrogen-bond acceptors (Lipinski definition) is 7. The summed E-state index contributed by atoms with van der Waals surface area (Å²) in [5, 5.41) is 7.46. The lowest BCUT2D eigenvalue weighted by molar-refractivity contribution is 0.102. The molecule has 1 fully saturated rings. The largest absolute Gasteiger partial charge is 0.352 e. The molecule has 2 atom stereocenters. The third kappa shape index (κ3) is 3.76. The van der Waals surface area contributed by atoms with Crippen molar-refractivity contribution in [2.75, 3.05) is 30.4 Å². The number of likely N-dealkylation sites (N-methyl/N-ethyl adjacent to an activating group) is 1. The van der Waals surface area contributed by atoms with Gasteiger partial charge in [0.05, 0.1) is 5.56 Å². The van der Waals surface area contributed by atoms with Gasteiger partial charge in [0.25, 0.3) is 5.91 Å². The van der Waals surface area contributed by atoms with Crippen molar-refractivity contribution in [2.45, 2.75) is 25.9 Å². The highest BCUT2D eigenvalue weighted by Crippen LogP contribution is 2.28. The molecule has 10 heteroatoms. The van der Waals surface area contributed by atoms with E-state index in [2.05, 4.69) is 56.1 Å². The fraction of sp³-hybridized carbons (Fsp3) is 0.348. The van der Waals surface area contributed by atoms with Gasteiger partial charge >= 0.3 is 0 Å². The van der Waals surface area contributed by atoms with Crippen LogP contribution in [0, 0.1) is 5.82 Å². The Hall–Kier alpha value is -3.66. The Morgan fingerprint density at radius 1 is 1.03 bits per heavy atom. The maximum atomic E-state index is 14.4. The first-order valence-corrected chi connectivity index (χ1v) is 10.8. The Morgan fingerprint density at radius 3 is 2.45 bits per heavy atom. The normalized spacial score (nSPS) is 19.4. The van der Waals surface area contributed by atoms with E-state index in [9.17, 15) is 9.18 Å². The number of anilines is 2. The van der Waals surface area contributed by atoms with E-state index in [1.54, 1.807) is 31.7 Å². The van der Waals surface area contributed by atoms with E-state index in [0.717, 1.165) is 13.1 Å². The van der Waals surface area contributed by atoms with E-state index in [1.807, 2.05) is 0 Å². The monoisotopic (exact) mass is 448 g/mol. The molecule has 3 aromatic heterocycles. The van der Waals surface area contributed by atoms with Crippen LogP contribution in [0.5, 0.6) is 0 Å². The Kier molecular flexibility index (Phi) is 5.16. The molecule has 4 aromatic rings. The van der Waals surface area contributed by atoms with E-state index in [1.165, 1.54) is 16.9 Å². The van der Waals surface area contributed by atoms with Crippen LogP contribution in [0.25, 0.3) is 21.9 Å². The van der Waals surface area contributed by atoms with E-state index < -0.39 is 11.7 Å². The molecule has 33 heavy (non-hydrogen) atoms. The Labute approximate surface area is 190 Å². The van der Waals surface area contributed by atoms with Crippen molar-refractivity contribution in [1.29, 1.82) is 0 Å². The Bertz CT molecular complexity index is 1360. The summed E-state index contributed by atoms with van der Waals surface area (Å²) in [5.74, 6) is -0.216. The van der Waals surface area contributed by atoms with Crippen LogP contribution in [0.3, 0.4) is 0 Å². The number of pyridine rings is 1. The van der Waals surface area contributed by atoms with E-state index >= 15 is 0 Å². The molecular formula is C23H25FN8O. The summed E-state index contributed by atoms with van der Waals surface area (Å²) in [5.41, 5.74) is 1.91. The number of rotatable bonds is 3. The summed E-state index contributed by atoms with van der Waals surface area (Å²) >= 11 is 0. The predicted octanol–water partition coefficient (Wildman–Crippen LogP) is 2.83. The fourth-order valence-electron chi connectivity index (χ4n) is 4.40. The molecule has 1 saturated heterocycles. The zero-order valence-corrected chi connectivity index (χ0v) is 18.9. The van der Waals surface area contributed by atoms with Gasteiger partial charge in [0.15, 0.2) is 11.6 Å². The van der Waals surface area contributed by atoms with Crippen LogP contribution in [0.2, 0.25) is 0 Å². The number of aryl methyl sites for hydroxylation is 1. The SMILES string of the molecule is C[C@@H]1CN(c2ncc(C(=O)Nc3cc(F)c4nn(C)cc4c3)c3nccnc23)C[C@H](C)N1C. The summed E-state index contributed by atoms with van der Waals surface area (Å²) < 4.78 is 16.0. The highest BCUT2D eigenvalue weighted by Gasteiger charge is 2.29. The van der Waals surface area contributed by atoms with Crippen LogP contribution >= 0.6 is 0 Å². The third-order valence-corrected chi connectivity index (χ3v) is 6.32. The molecule has 1 amide bonds. The van der Waals surface area contributed by atoms with Crippen LogP contribution in [0.4, 0.5) is 15.9 Å². The molecule has 0 unspecified atom stereocenters. The van der Waals surface area contributed by atoms with Gasteiger partial charge in [-0.25, -0.2) is 14.4 Å². The summed E-state index contributed by atoms with van der Waals surface area (Å²) in [6, 6.07) is 3.65. The van der Waals surface area contributed by atoms with Gasteiger partial charge in [-0.3, -0.25) is 19.4 Å². The summed E-state index contributed by atoms with van der Waals surface area (Å²) in [6.07, 6.45) is 6.38. The van der Waals surface area contributed by atoms with E-state index in [4.69, 9.17) is 0 Å². The number of nitrogens with zero attached hydrogens (tertiary/aromatic N) is 7. The number of carbonyl (C=O) groups is 1. The van der Waals surface area contributed by atoms with Crippen molar-refractivity contribution in [3.05, 3.63) is 48.3 Å². The molecule has 0 spiro atoms. The van der Waals surface area contributed by atoms with Gasteiger partial charge in [0, 0.05) is 68.1 Å². The van der Waals surface area contributed by atoms with Crippen molar-refractivity contribution < 1.29 is 9.18 Å². The molecule has 170 valence electrons. The second kappa shape index (κ2) is 8.04. The lowest BCUT2D eigenvalue weighted by atomic mass is 10.1. The minimum atomic E-state index is -0.500. The molecule has 0 aliphatic carbocycles. The number of benzene rings is 1. The van der Waals surface area contributed by atoms with Crippen molar-refractivity contribution >= 4 is 39.3 Å². The topological polar surface area (TPSA) is 92.1 Å². The summed E-state index contributed by atoms with van der Waals surface area (Å²) in [4.78, 5) is 31.2. The van der Waals surface area contributed by atoms with Crippen LogP contribution in [0.1, 0.15) is 24.2 Å². The number of fused-ring (bicyclic) bond motifs is 2. The number of halogens is 1. The number of amides is 1. The molecule has 0 radical (unpaired) electrons. The first-order valence-electron chi connectivity index (χ1n) is 10.8. The summed E-state index contributed by atoms with van der Waals surface area (Å²) in [7, 11) is 3.84. The average molecular weight is 449 g/mol. The Morgan fingerprint density at radius 2 is 1.73 bits per heavy atom. The van der Waals surface area contributed by atoms with Gasteiger partial charge in [-0.15, -0.1) is 0 Å². The maximum Gasteiger partial charge on any atom is 0.259 e. The maximum absolute atomic E-state index is 14.4. The molecular weight excluding hydrogens is 423 g/mol. The molecule has 1 aromatic carbocycles. The van der Waals surface area contributed by atoms with E-state index in [0.29, 0.717) is 40.0 Å². The fourth-order valence-corrected chi connectivity index (χ4v) is 4.40. The van der Waals surface area contributed by atoms with Gasteiger partial charge in [0.2, 0.25) is 0 Å². The average Bonchev–Trinajstić information content (AvgIpc) is 3.17. The van der Waals surface area contributed by atoms with Gasteiger partial charge in [0.1, 0.15) is 16.6 Å². The van der Waals surface area contributed by atoms with Crippen LogP contribution in [-0.2, 0) is 7.05 Å². The van der Waals surface area contributed by atoms with Gasteiger partial charge < -0.3 is 10.2 Å². The third-order valence-electron chi connectivity index (χ3n) is 6.32. The van der Waals surface area contributed by atoms with Crippen molar-refractivity contribution in [3.63, 3.8) is 0 Å². The second-order valence-corrected chi connectivity index (χ2v) is 8.67. The zero-order chi connectivity index (χ0) is 23.3. The van der Waals surface area contributed by atoms with Gasteiger partial charge in [-0.2, -0.15) is 5.10 Å². The lowest BCUT2D eigenvalue weighted by Gasteiger charge is -2.43. The number of hydrogen-bond donors (Lipinski definition) is 1. The first kappa shape index (κ1) is 21.2. The molecule has 0 bridgehead atoms. The first-order chi connectivity index (χ1) is 15.8. The molecule has 5 rings (SSSR count). The van der Waals surface area contributed by atoms with Crippen LogP contribution < -0.4 is 10.2 Å². The smallest absolute Gasteiger partial charge is 0.259 e. The van der Waals surface area contributed by atoms with Crippen molar-refractivity contribution in [2.24, 2.45) is 7.05 Å². The van der Waals surface area contributed by atoms with Crippen molar-refractivity contribution in [3.8, 4) is 0 Å². The number of aromatic nitrogens is 5. The molecule has 4 heterocycles. The van der Waals surface area contributed by atoms with Gasteiger partial charge in [-0.1, -0.05) is 0 Å². The quantitative estimate of drug-likeness (QED) is 0.515. The molecule has 1 aliphatic heterocycles. The van der Waals surface area contributed by atoms with Crippen LogP contribution in [-0.4, -0.2) is 67.8 Å². The minimum Gasteiger partial charge on any atom is -0.352 e. The number of piperazine rings is 1. The zero-order valence-electron chi connectivity index (χ0n) is 18.9. The van der Waals surface area contributed by atoms with E-state index in [-0.39, 0.29) is 11.1 Å². The molecule has 0 saturated carbocycles. The van der Waals surface area contributed by atoms with Crippen molar-refractivity contribution in [1.82, 2.24) is 29.6 Å². The predicted molar refractivity (Wildman–Crippen MR) is 125 cm³/mol. The molecule has 1 N–H and O–H groups in total. The van der Waals surface area contributed by atoms with Crippen LogP contribution in [0.15, 0.2) is 36.9 Å². The Balaban J connectivity index is 1.49. The standard InChI is InChI=1S/C23H25FN8O/c1-13-10-32(11-14(2)31(13)4)22-21-20(25-5-6-26-21)17(9-27-22)23(33)28-16-7-15-12-30(3)29-19(15)18(24)8-16/h5-9,12-14H,10-11H2,1-4H3,(H,28,33)/t13-,14+. The number of nitrogens with one attached hydrogen (secondary N) is 1.